The highest BCUT2D eigenvalue weighted by Crippen LogP contribution is 2.30. The lowest BCUT2D eigenvalue weighted by Gasteiger charge is -2.37. The van der Waals surface area contributed by atoms with E-state index in [1.165, 1.54) is 24.1 Å². The van der Waals surface area contributed by atoms with Gasteiger partial charge in [0.15, 0.2) is 0 Å². The summed E-state index contributed by atoms with van der Waals surface area (Å²) in [5, 5.41) is 2.16. The quantitative estimate of drug-likeness (QED) is 0.877. The summed E-state index contributed by atoms with van der Waals surface area (Å²) in [4.78, 5) is 3.96. The SMILES string of the molecule is CC(c1cccs1)N(C)C1CCCC(N)C1. The van der Waals surface area contributed by atoms with Gasteiger partial charge >= 0.3 is 0 Å². The Morgan fingerprint density at radius 1 is 1.50 bits per heavy atom. The molecule has 16 heavy (non-hydrogen) atoms. The standard InChI is InChI=1S/C13H22N2S/c1-10(13-7-4-8-16-13)15(2)12-6-3-5-11(14)9-12/h4,7-8,10-12H,3,5-6,9,14H2,1-2H3. The molecule has 0 aliphatic heterocycles. The van der Waals surface area contributed by atoms with E-state index in [0.717, 1.165) is 6.42 Å². The average Bonchev–Trinajstić information content (AvgIpc) is 2.80. The smallest absolute Gasteiger partial charge is 0.0413 e. The number of thiophene rings is 1. The van der Waals surface area contributed by atoms with E-state index in [-0.39, 0.29) is 0 Å². The van der Waals surface area contributed by atoms with Gasteiger partial charge in [0, 0.05) is 23.0 Å². The number of nitrogens with two attached hydrogens (primary N) is 1. The van der Waals surface area contributed by atoms with E-state index in [1.54, 1.807) is 0 Å². The highest BCUT2D eigenvalue weighted by Gasteiger charge is 2.26. The van der Waals surface area contributed by atoms with Crippen molar-refractivity contribution in [3.63, 3.8) is 0 Å². The molecule has 1 aromatic heterocycles. The van der Waals surface area contributed by atoms with Gasteiger partial charge in [-0.05, 0) is 44.7 Å². The van der Waals surface area contributed by atoms with Crippen LogP contribution in [-0.4, -0.2) is 24.0 Å². The van der Waals surface area contributed by atoms with E-state index in [2.05, 4.69) is 36.4 Å². The van der Waals surface area contributed by atoms with E-state index in [4.69, 9.17) is 5.73 Å². The molecule has 1 aliphatic carbocycles. The first-order valence-corrected chi connectivity index (χ1v) is 7.07. The van der Waals surface area contributed by atoms with Crippen LogP contribution in [-0.2, 0) is 0 Å². The third kappa shape index (κ3) is 2.65. The Kier molecular flexibility index (Phi) is 4.00. The van der Waals surface area contributed by atoms with Crippen molar-refractivity contribution in [2.45, 2.75) is 50.7 Å². The molecule has 1 aromatic rings. The molecule has 0 spiro atoms. The predicted octanol–water partition coefficient (Wildman–Crippen LogP) is 3.01. The Morgan fingerprint density at radius 2 is 2.31 bits per heavy atom. The molecule has 1 fully saturated rings. The van der Waals surface area contributed by atoms with E-state index in [0.29, 0.717) is 18.1 Å². The minimum atomic E-state index is 0.414. The molecule has 0 radical (unpaired) electrons. The van der Waals surface area contributed by atoms with Crippen LogP contribution in [0, 0.1) is 0 Å². The van der Waals surface area contributed by atoms with Crippen LogP contribution in [0.3, 0.4) is 0 Å². The van der Waals surface area contributed by atoms with Crippen molar-refractivity contribution >= 4 is 11.3 Å². The van der Waals surface area contributed by atoms with Gasteiger partial charge in [0.25, 0.3) is 0 Å². The van der Waals surface area contributed by atoms with Crippen LogP contribution in [0.2, 0.25) is 0 Å². The summed E-state index contributed by atoms with van der Waals surface area (Å²) in [6.07, 6.45) is 4.96. The molecule has 2 rings (SSSR count). The van der Waals surface area contributed by atoms with Gasteiger partial charge in [-0.2, -0.15) is 0 Å². The maximum atomic E-state index is 6.06. The molecular weight excluding hydrogens is 216 g/mol. The highest BCUT2D eigenvalue weighted by atomic mass is 32.1. The number of hydrogen-bond acceptors (Lipinski definition) is 3. The maximum Gasteiger partial charge on any atom is 0.0413 e. The summed E-state index contributed by atoms with van der Waals surface area (Å²) in [5.74, 6) is 0. The normalized spacial score (nSPS) is 28.2. The van der Waals surface area contributed by atoms with Crippen LogP contribution < -0.4 is 5.73 Å². The molecule has 90 valence electrons. The van der Waals surface area contributed by atoms with Crippen molar-refractivity contribution in [3.8, 4) is 0 Å². The second-order valence-electron chi connectivity index (χ2n) is 4.94. The van der Waals surface area contributed by atoms with Crippen LogP contribution in [0.5, 0.6) is 0 Å². The van der Waals surface area contributed by atoms with E-state index < -0.39 is 0 Å². The molecule has 0 aromatic carbocycles. The summed E-state index contributed by atoms with van der Waals surface area (Å²) in [6, 6.07) is 5.97. The van der Waals surface area contributed by atoms with Gasteiger partial charge in [0.2, 0.25) is 0 Å². The van der Waals surface area contributed by atoms with Crippen LogP contribution in [0.15, 0.2) is 17.5 Å². The van der Waals surface area contributed by atoms with Crippen LogP contribution in [0.25, 0.3) is 0 Å². The zero-order valence-corrected chi connectivity index (χ0v) is 11.0. The summed E-state index contributed by atoms with van der Waals surface area (Å²) < 4.78 is 0. The van der Waals surface area contributed by atoms with Gasteiger partial charge < -0.3 is 5.73 Å². The molecular formula is C13H22N2S. The third-order valence-corrected chi connectivity index (χ3v) is 4.87. The topological polar surface area (TPSA) is 29.3 Å². The molecule has 1 aliphatic rings. The predicted molar refractivity (Wildman–Crippen MR) is 70.7 cm³/mol. The van der Waals surface area contributed by atoms with Crippen LogP contribution in [0.4, 0.5) is 0 Å². The zero-order valence-electron chi connectivity index (χ0n) is 10.2. The monoisotopic (exact) mass is 238 g/mol. The van der Waals surface area contributed by atoms with Gasteiger partial charge in [-0.3, -0.25) is 4.90 Å². The molecule has 2 N–H and O–H groups in total. The van der Waals surface area contributed by atoms with Crippen molar-refractivity contribution < 1.29 is 0 Å². The Morgan fingerprint density at radius 3 is 2.94 bits per heavy atom. The van der Waals surface area contributed by atoms with Crippen LogP contribution in [0.1, 0.15) is 43.5 Å². The van der Waals surface area contributed by atoms with E-state index in [9.17, 15) is 0 Å². The molecule has 0 bridgehead atoms. The summed E-state index contributed by atoms with van der Waals surface area (Å²) in [6.45, 7) is 2.30. The molecule has 3 unspecified atom stereocenters. The fourth-order valence-electron chi connectivity index (χ4n) is 2.62. The fraction of sp³-hybridized carbons (Fsp3) is 0.692. The fourth-order valence-corrected chi connectivity index (χ4v) is 3.45. The maximum absolute atomic E-state index is 6.06. The van der Waals surface area contributed by atoms with Crippen molar-refractivity contribution in [3.05, 3.63) is 22.4 Å². The Balaban J connectivity index is 1.98. The minimum Gasteiger partial charge on any atom is -0.328 e. The van der Waals surface area contributed by atoms with Crippen molar-refractivity contribution in [1.29, 1.82) is 0 Å². The van der Waals surface area contributed by atoms with E-state index >= 15 is 0 Å². The lowest BCUT2D eigenvalue weighted by atomic mass is 9.90. The number of nitrogens with zero attached hydrogens (tertiary/aromatic N) is 1. The molecule has 2 nitrogen and oxygen atoms in total. The molecule has 3 atom stereocenters. The molecule has 0 amide bonds. The van der Waals surface area contributed by atoms with Gasteiger partial charge in [0.1, 0.15) is 0 Å². The van der Waals surface area contributed by atoms with Gasteiger partial charge in [-0.1, -0.05) is 12.5 Å². The average molecular weight is 238 g/mol. The summed E-state index contributed by atoms with van der Waals surface area (Å²) in [5.41, 5.74) is 6.06. The number of hydrogen-bond donors (Lipinski definition) is 1. The Hall–Kier alpha value is -0.380. The first-order chi connectivity index (χ1) is 7.68. The second-order valence-corrected chi connectivity index (χ2v) is 5.92. The molecule has 0 saturated heterocycles. The summed E-state index contributed by atoms with van der Waals surface area (Å²) >= 11 is 1.85. The van der Waals surface area contributed by atoms with Gasteiger partial charge in [-0.25, -0.2) is 0 Å². The minimum absolute atomic E-state index is 0.414. The lowest BCUT2D eigenvalue weighted by Crippen LogP contribution is -2.41. The first-order valence-electron chi connectivity index (χ1n) is 6.19. The summed E-state index contributed by atoms with van der Waals surface area (Å²) in [7, 11) is 2.24. The molecule has 1 heterocycles. The Labute approximate surface area is 102 Å². The van der Waals surface area contributed by atoms with E-state index in [1.807, 2.05) is 11.3 Å². The molecule has 3 heteroatoms. The lowest BCUT2D eigenvalue weighted by molar-refractivity contribution is 0.140. The highest BCUT2D eigenvalue weighted by molar-refractivity contribution is 7.10. The second kappa shape index (κ2) is 5.30. The largest absolute Gasteiger partial charge is 0.328 e. The number of rotatable bonds is 3. The molecule has 1 saturated carbocycles. The van der Waals surface area contributed by atoms with Crippen molar-refractivity contribution in [2.24, 2.45) is 5.73 Å². The van der Waals surface area contributed by atoms with Crippen molar-refractivity contribution in [1.82, 2.24) is 4.90 Å². The van der Waals surface area contributed by atoms with Gasteiger partial charge in [0.05, 0.1) is 0 Å². The zero-order chi connectivity index (χ0) is 11.5. The Bertz CT molecular complexity index is 310. The van der Waals surface area contributed by atoms with Crippen LogP contribution >= 0.6 is 11.3 Å². The van der Waals surface area contributed by atoms with Crippen molar-refractivity contribution in [2.75, 3.05) is 7.05 Å². The first kappa shape index (κ1) is 12.1. The third-order valence-electron chi connectivity index (χ3n) is 3.83. The van der Waals surface area contributed by atoms with Gasteiger partial charge in [-0.15, -0.1) is 11.3 Å².